The van der Waals surface area contributed by atoms with E-state index in [0.717, 1.165) is 6.92 Å². The number of carbonyl (C=O) groups excluding carboxylic acids is 1. The summed E-state index contributed by atoms with van der Waals surface area (Å²) >= 11 is 18.0. The average Bonchev–Trinajstić information content (AvgIpc) is 2.64. The van der Waals surface area contributed by atoms with Crippen LogP contribution in [0.1, 0.15) is 25.3 Å². The van der Waals surface area contributed by atoms with Gasteiger partial charge in [-0.1, -0.05) is 59.9 Å². The smallest absolute Gasteiger partial charge is 0.392 e. The zero-order valence-electron chi connectivity index (χ0n) is 15.8. The van der Waals surface area contributed by atoms with Crippen LogP contribution in [0.4, 0.5) is 18.9 Å². The molecule has 0 spiro atoms. The van der Waals surface area contributed by atoms with Crippen molar-refractivity contribution >= 4 is 52.4 Å². The van der Waals surface area contributed by atoms with Crippen LogP contribution in [0.5, 0.6) is 0 Å². The van der Waals surface area contributed by atoms with Crippen molar-refractivity contribution in [3.63, 3.8) is 0 Å². The molecule has 1 aliphatic carbocycles. The lowest BCUT2D eigenvalue weighted by Crippen LogP contribution is -2.40. The number of alkyl halides is 3. The second-order valence-electron chi connectivity index (χ2n) is 7.02. The molecular weight excluding hydrogens is 466 g/mol. The number of carboxylic acids is 1. The number of carboxylic acid groups (broad SMARTS) is 1. The zero-order valence-corrected chi connectivity index (χ0v) is 18.0. The highest BCUT2D eigenvalue weighted by Crippen LogP contribution is 2.41. The molecule has 1 amide bonds. The third kappa shape index (κ3) is 6.40. The van der Waals surface area contributed by atoms with Gasteiger partial charge in [-0.2, -0.15) is 13.2 Å². The highest BCUT2D eigenvalue weighted by Gasteiger charge is 2.47. The van der Waals surface area contributed by atoms with Crippen LogP contribution in [0.3, 0.4) is 0 Å². The first-order valence-electron chi connectivity index (χ1n) is 9.01. The van der Waals surface area contributed by atoms with Crippen LogP contribution in [0.15, 0.2) is 40.4 Å². The molecular formula is C20H19Cl3F3NO3. The molecule has 0 heterocycles. The fraction of sp³-hybridized carbons (Fsp3) is 0.400. The van der Waals surface area contributed by atoms with Gasteiger partial charge in [0.25, 0.3) is 0 Å². The Labute approximate surface area is 186 Å². The van der Waals surface area contributed by atoms with Gasteiger partial charge in [0.2, 0.25) is 5.91 Å². The Morgan fingerprint density at radius 2 is 1.90 bits per heavy atom. The van der Waals surface area contributed by atoms with E-state index in [1.165, 1.54) is 24.3 Å². The third-order valence-electron chi connectivity index (χ3n) is 4.89. The van der Waals surface area contributed by atoms with Gasteiger partial charge in [-0.05, 0) is 36.5 Å². The summed E-state index contributed by atoms with van der Waals surface area (Å²) in [4.78, 5) is 23.7. The lowest BCUT2D eigenvalue weighted by Gasteiger charge is -2.31. The van der Waals surface area contributed by atoms with Crippen LogP contribution >= 0.6 is 34.8 Å². The van der Waals surface area contributed by atoms with Crippen molar-refractivity contribution in [3.05, 3.63) is 51.0 Å². The summed E-state index contributed by atoms with van der Waals surface area (Å²) in [5.74, 6) is -6.11. The van der Waals surface area contributed by atoms with Crippen molar-refractivity contribution in [2.24, 2.45) is 17.8 Å². The van der Waals surface area contributed by atoms with Gasteiger partial charge in [0.05, 0.1) is 32.6 Å². The summed E-state index contributed by atoms with van der Waals surface area (Å²) in [6.45, 7) is 0.941. The molecule has 1 aromatic carbocycles. The van der Waals surface area contributed by atoms with Crippen LogP contribution < -0.4 is 5.32 Å². The molecule has 4 nitrogen and oxygen atoms in total. The molecule has 0 bridgehead atoms. The molecule has 10 heteroatoms. The predicted molar refractivity (Wildman–Crippen MR) is 111 cm³/mol. The first kappa shape index (κ1) is 24.6. The van der Waals surface area contributed by atoms with Crippen LogP contribution in [-0.2, 0) is 16.0 Å². The summed E-state index contributed by atoms with van der Waals surface area (Å²) < 4.78 is 40.5. The number of hydrogen-bond donors (Lipinski definition) is 2. The van der Waals surface area contributed by atoms with E-state index in [9.17, 15) is 22.8 Å². The number of hydrogen-bond acceptors (Lipinski definition) is 2. The van der Waals surface area contributed by atoms with E-state index in [1.807, 2.05) is 0 Å². The highest BCUT2D eigenvalue weighted by molar-refractivity contribution is 6.44. The van der Waals surface area contributed by atoms with Gasteiger partial charge in [0, 0.05) is 6.42 Å². The predicted octanol–water partition coefficient (Wildman–Crippen LogP) is 6.38. The molecule has 0 radical (unpaired) electrons. The van der Waals surface area contributed by atoms with Crippen molar-refractivity contribution in [3.8, 4) is 0 Å². The molecule has 0 saturated heterocycles. The van der Waals surface area contributed by atoms with Crippen LogP contribution in [-0.4, -0.2) is 23.2 Å². The number of allylic oxidation sites excluding steroid dienone is 4. The van der Waals surface area contributed by atoms with Crippen molar-refractivity contribution in [2.75, 3.05) is 5.32 Å². The highest BCUT2D eigenvalue weighted by atomic mass is 35.5. The van der Waals surface area contributed by atoms with E-state index >= 15 is 0 Å². The molecule has 2 N–H and O–H groups in total. The summed E-state index contributed by atoms with van der Waals surface area (Å²) in [7, 11) is 0. The number of rotatable bonds is 7. The number of nitrogens with one attached hydrogen (secondary N) is 1. The SMILES string of the molecule is C[C@H]([C@H](C(=O)Nc1cc(CCC(=O)O)ccc1Cl)C1C=C(Cl)C(Cl)=CC1)C(F)(F)F. The van der Waals surface area contributed by atoms with Gasteiger partial charge in [0.1, 0.15) is 0 Å². The molecule has 1 aliphatic rings. The summed E-state index contributed by atoms with van der Waals surface area (Å²) in [6, 6.07) is 4.50. The first-order valence-corrected chi connectivity index (χ1v) is 10.1. The van der Waals surface area contributed by atoms with Crippen molar-refractivity contribution in [2.45, 2.75) is 32.4 Å². The number of carbonyl (C=O) groups is 2. The molecule has 1 aromatic rings. The minimum Gasteiger partial charge on any atom is -0.481 e. The van der Waals surface area contributed by atoms with Crippen molar-refractivity contribution < 1.29 is 27.9 Å². The second-order valence-corrected chi connectivity index (χ2v) is 8.24. The lowest BCUT2D eigenvalue weighted by atomic mass is 9.78. The molecule has 30 heavy (non-hydrogen) atoms. The monoisotopic (exact) mass is 483 g/mol. The second kappa shape index (κ2) is 10.1. The molecule has 1 unspecified atom stereocenters. The van der Waals surface area contributed by atoms with Crippen molar-refractivity contribution in [1.29, 1.82) is 0 Å². The van der Waals surface area contributed by atoms with E-state index in [2.05, 4.69) is 5.32 Å². The molecule has 0 aliphatic heterocycles. The summed E-state index contributed by atoms with van der Waals surface area (Å²) in [5, 5.41) is 11.7. The molecule has 0 fully saturated rings. The van der Waals surface area contributed by atoms with Gasteiger partial charge in [0.15, 0.2) is 0 Å². The van der Waals surface area contributed by atoms with E-state index in [1.54, 1.807) is 6.07 Å². The quantitative estimate of drug-likeness (QED) is 0.472. The van der Waals surface area contributed by atoms with Gasteiger partial charge in [-0.15, -0.1) is 0 Å². The molecule has 2 rings (SSSR count). The Balaban J connectivity index is 2.31. The average molecular weight is 485 g/mol. The lowest BCUT2D eigenvalue weighted by molar-refractivity contribution is -0.188. The van der Waals surface area contributed by atoms with E-state index in [4.69, 9.17) is 39.9 Å². The number of aryl methyl sites for hydroxylation is 1. The van der Waals surface area contributed by atoms with Crippen LogP contribution in [0.25, 0.3) is 0 Å². The Morgan fingerprint density at radius 1 is 1.23 bits per heavy atom. The number of benzene rings is 1. The molecule has 0 saturated carbocycles. The normalized spacial score (nSPS) is 18.8. The number of amides is 1. The number of halogens is 6. The summed E-state index contributed by atoms with van der Waals surface area (Å²) in [5.41, 5.74) is 0.691. The minimum absolute atomic E-state index is 0.0915. The third-order valence-corrected chi connectivity index (χ3v) is 6.01. The maximum absolute atomic E-state index is 13.5. The Morgan fingerprint density at radius 3 is 2.47 bits per heavy atom. The number of aliphatic carboxylic acids is 1. The van der Waals surface area contributed by atoms with E-state index in [-0.39, 0.29) is 40.0 Å². The van der Waals surface area contributed by atoms with Gasteiger partial charge >= 0.3 is 12.1 Å². The number of anilines is 1. The largest absolute Gasteiger partial charge is 0.481 e. The van der Waals surface area contributed by atoms with Crippen LogP contribution in [0, 0.1) is 17.8 Å². The fourth-order valence-electron chi connectivity index (χ4n) is 3.21. The topological polar surface area (TPSA) is 66.4 Å². The van der Waals surface area contributed by atoms with E-state index < -0.39 is 35.8 Å². The standard InChI is InChI=1S/C20H19Cl3F3NO3/c1-10(20(24,25)26)18(12-4-6-13(21)15(23)9-12)19(30)27-16-8-11(2-5-14(16)22)3-7-17(28)29/h2,5-6,8-10,12,18H,3-4,7H2,1H3,(H,27,30)(H,28,29)/t10-,12?,18+/m1/s1. The van der Waals surface area contributed by atoms with Gasteiger partial charge in [-0.3, -0.25) is 9.59 Å². The summed E-state index contributed by atoms with van der Waals surface area (Å²) in [6.07, 6.45) is -1.59. The van der Waals surface area contributed by atoms with Gasteiger partial charge < -0.3 is 10.4 Å². The fourth-order valence-corrected chi connectivity index (χ4v) is 3.77. The maximum atomic E-state index is 13.5. The Hall–Kier alpha value is -1.70. The molecule has 3 atom stereocenters. The zero-order chi connectivity index (χ0) is 22.6. The Bertz CT molecular complexity index is 884. The van der Waals surface area contributed by atoms with Crippen LogP contribution in [0.2, 0.25) is 5.02 Å². The molecule has 164 valence electrons. The Kier molecular flexibility index (Phi) is 8.25. The van der Waals surface area contributed by atoms with E-state index in [0.29, 0.717) is 5.56 Å². The molecule has 0 aromatic heterocycles. The minimum atomic E-state index is -4.61. The first-order chi connectivity index (χ1) is 13.9. The van der Waals surface area contributed by atoms with Gasteiger partial charge in [-0.25, -0.2) is 0 Å². The van der Waals surface area contributed by atoms with Crippen molar-refractivity contribution in [1.82, 2.24) is 0 Å². The maximum Gasteiger partial charge on any atom is 0.392 e.